The molecule has 5 nitrogen and oxygen atoms in total. The van der Waals surface area contributed by atoms with E-state index in [4.69, 9.17) is 4.42 Å². The van der Waals surface area contributed by atoms with Gasteiger partial charge in [0.25, 0.3) is 5.91 Å². The van der Waals surface area contributed by atoms with E-state index in [2.05, 4.69) is 29.5 Å². The standard InChI is InChI=1S/C19H19N3O2/c1-13-4-8-15(9-5-13)22-18(14-6-7-14)11-17(21-22)19(23)20-12-16-3-2-10-24-16/h2-5,8-11,14H,6-7,12H2,1H3,(H,20,23). The second kappa shape index (κ2) is 6.00. The molecule has 1 amide bonds. The predicted octanol–water partition coefficient (Wildman–Crippen LogP) is 3.58. The molecule has 3 aromatic rings. The zero-order valence-electron chi connectivity index (χ0n) is 13.5. The lowest BCUT2D eigenvalue weighted by molar-refractivity contribution is 0.0942. The number of carbonyl (C=O) groups excluding carboxylic acids is 1. The van der Waals surface area contributed by atoms with Gasteiger partial charge in [-0.15, -0.1) is 0 Å². The van der Waals surface area contributed by atoms with Crippen LogP contribution in [0.15, 0.2) is 53.1 Å². The number of aryl methyl sites for hydroxylation is 1. The lowest BCUT2D eigenvalue weighted by Crippen LogP contribution is -2.23. The molecular weight excluding hydrogens is 302 g/mol. The lowest BCUT2D eigenvalue weighted by Gasteiger charge is -2.06. The van der Waals surface area contributed by atoms with E-state index >= 15 is 0 Å². The van der Waals surface area contributed by atoms with Gasteiger partial charge in [0.1, 0.15) is 5.76 Å². The lowest BCUT2D eigenvalue weighted by atomic mass is 10.2. The summed E-state index contributed by atoms with van der Waals surface area (Å²) in [7, 11) is 0. The summed E-state index contributed by atoms with van der Waals surface area (Å²) in [6.45, 7) is 2.42. The fourth-order valence-corrected chi connectivity index (χ4v) is 2.74. The highest BCUT2D eigenvalue weighted by Crippen LogP contribution is 2.41. The first-order valence-corrected chi connectivity index (χ1v) is 8.18. The van der Waals surface area contributed by atoms with Gasteiger partial charge >= 0.3 is 0 Å². The van der Waals surface area contributed by atoms with Gasteiger partial charge in [0.05, 0.1) is 18.5 Å². The molecule has 0 atom stereocenters. The molecule has 1 aromatic carbocycles. The molecule has 1 saturated carbocycles. The van der Waals surface area contributed by atoms with Crippen molar-refractivity contribution in [3.05, 3.63) is 71.4 Å². The third kappa shape index (κ3) is 2.97. The Morgan fingerprint density at radius 2 is 2.08 bits per heavy atom. The SMILES string of the molecule is Cc1ccc(-n2nc(C(=O)NCc3ccco3)cc2C2CC2)cc1. The van der Waals surface area contributed by atoms with Crippen molar-refractivity contribution in [1.29, 1.82) is 0 Å². The highest BCUT2D eigenvalue weighted by atomic mass is 16.3. The number of furan rings is 1. The van der Waals surface area contributed by atoms with Crippen molar-refractivity contribution in [2.24, 2.45) is 0 Å². The first kappa shape index (κ1) is 14.8. The van der Waals surface area contributed by atoms with E-state index in [-0.39, 0.29) is 5.91 Å². The maximum absolute atomic E-state index is 12.4. The highest BCUT2D eigenvalue weighted by molar-refractivity contribution is 5.92. The second-order valence-electron chi connectivity index (χ2n) is 6.24. The molecule has 2 heterocycles. The van der Waals surface area contributed by atoms with Crippen molar-refractivity contribution in [2.45, 2.75) is 32.2 Å². The van der Waals surface area contributed by atoms with E-state index in [0.717, 1.165) is 30.0 Å². The Hall–Kier alpha value is -2.82. The molecule has 0 spiro atoms. The normalized spacial score (nSPS) is 13.9. The fraction of sp³-hybridized carbons (Fsp3) is 0.263. The Morgan fingerprint density at radius 3 is 2.75 bits per heavy atom. The van der Waals surface area contributed by atoms with Crippen molar-refractivity contribution in [3.63, 3.8) is 0 Å². The van der Waals surface area contributed by atoms with Crippen molar-refractivity contribution in [2.75, 3.05) is 0 Å². The summed E-state index contributed by atoms with van der Waals surface area (Å²) in [5.74, 6) is 1.05. The Morgan fingerprint density at radius 1 is 1.29 bits per heavy atom. The zero-order chi connectivity index (χ0) is 16.5. The third-order valence-corrected chi connectivity index (χ3v) is 4.25. The number of hydrogen-bond donors (Lipinski definition) is 1. The topological polar surface area (TPSA) is 60.1 Å². The summed E-state index contributed by atoms with van der Waals surface area (Å²) >= 11 is 0. The largest absolute Gasteiger partial charge is 0.467 e. The number of benzene rings is 1. The number of nitrogens with zero attached hydrogens (tertiary/aromatic N) is 2. The first-order valence-electron chi connectivity index (χ1n) is 8.18. The van der Waals surface area contributed by atoms with Gasteiger partial charge in [0, 0.05) is 11.6 Å². The average molecular weight is 321 g/mol. The van der Waals surface area contributed by atoms with Crippen molar-refractivity contribution in [1.82, 2.24) is 15.1 Å². The van der Waals surface area contributed by atoms with Gasteiger partial charge in [-0.3, -0.25) is 4.79 Å². The molecule has 122 valence electrons. The molecule has 24 heavy (non-hydrogen) atoms. The van der Waals surface area contributed by atoms with Crippen molar-refractivity contribution >= 4 is 5.91 Å². The molecule has 0 bridgehead atoms. The summed E-state index contributed by atoms with van der Waals surface area (Å²) in [6.07, 6.45) is 3.91. The quantitative estimate of drug-likeness (QED) is 0.781. The van der Waals surface area contributed by atoms with Crippen LogP contribution in [0.25, 0.3) is 5.69 Å². The fourth-order valence-electron chi connectivity index (χ4n) is 2.74. The number of amides is 1. The van der Waals surface area contributed by atoms with Gasteiger partial charge in [0.2, 0.25) is 0 Å². The van der Waals surface area contributed by atoms with E-state index in [1.165, 1.54) is 5.56 Å². The predicted molar refractivity (Wildman–Crippen MR) is 90.2 cm³/mol. The molecule has 0 aliphatic heterocycles. The van der Waals surface area contributed by atoms with Gasteiger partial charge in [-0.05, 0) is 50.1 Å². The van der Waals surface area contributed by atoms with Crippen LogP contribution in [0.3, 0.4) is 0 Å². The third-order valence-electron chi connectivity index (χ3n) is 4.25. The van der Waals surface area contributed by atoms with Crippen LogP contribution in [0.4, 0.5) is 0 Å². The molecule has 0 saturated heterocycles. The molecule has 1 fully saturated rings. The minimum Gasteiger partial charge on any atom is -0.467 e. The summed E-state index contributed by atoms with van der Waals surface area (Å²) in [6, 6.07) is 13.8. The minimum absolute atomic E-state index is 0.181. The van der Waals surface area contributed by atoms with Crippen LogP contribution in [-0.4, -0.2) is 15.7 Å². The van der Waals surface area contributed by atoms with Crippen molar-refractivity contribution in [3.8, 4) is 5.69 Å². The Balaban J connectivity index is 1.58. The molecule has 4 rings (SSSR count). The van der Waals surface area contributed by atoms with Crippen LogP contribution in [-0.2, 0) is 6.54 Å². The van der Waals surface area contributed by atoms with E-state index in [1.54, 1.807) is 12.3 Å². The summed E-state index contributed by atoms with van der Waals surface area (Å²) in [5.41, 5.74) is 3.76. The van der Waals surface area contributed by atoms with Gasteiger partial charge in [-0.1, -0.05) is 17.7 Å². The molecule has 1 aliphatic rings. The summed E-state index contributed by atoms with van der Waals surface area (Å²) < 4.78 is 7.14. The van der Waals surface area contributed by atoms with Gasteiger partial charge < -0.3 is 9.73 Å². The zero-order valence-corrected chi connectivity index (χ0v) is 13.5. The molecule has 2 aromatic heterocycles. The molecule has 1 aliphatic carbocycles. The Kier molecular flexibility index (Phi) is 3.69. The molecule has 1 N–H and O–H groups in total. The molecule has 5 heteroatoms. The number of carbonyl (C=O) groups is 1. The smallest absolute Gasteiger partial charge is 0.272 e. The monoisotopic (exact) mass is 321 g/mol. The van der Waals surface area contributed by atoms with Crippen LogP contribution >= 0.6 is 0 Å². The van der Waals surface area contributed by atoms with Crippen molar-refractivity contribution < 1.29 is 9.21 Å². The Bertz CT molecular complexity index is 843. The highest BCUT2D eigenvalue weighted by Gasteiger charge is 2.29. The van der Waals surface area contributed by atoms with Gasteiger partial charge in [0.15, 0.2) is 5.69 Å². The number of aromatic nitrogens is 2. The maximum atomic E-state index is 12.4. The first-order chi connectivity index (χ1) is 11.7. The number of rotatable bonds is 5. The number of nitrogens with one attached hydrogen (secondary N) is 1. The van der Waals surface area contributed by atoms with E-state index in [9.17, 15) is 4.79 Å². The Labute approximate surface area is 140 Å². The van der Waals surface area contributed by atoms with E-state index < -0.39 is 0 Å². The van der Waals surface area contributed by atoms with E-state index in [0.29, 0.717) is 18.2 Å². The minimum atomic E-state index is -0.181. The molecular formula is C19H19N3O2. The summed E-state index contributed by atoms with van der Waals surface area (Å²) in [4.78, 5) is 12.4. The number of hydrogen-bond acceptors (Lipinski definition) is 3. The second-order valence-corrected chi connectivity index (χ2v) is 6.24. The maximum Gasteiger partial charge on any atom is 0.272 e. The van der Waals surface area contributed by atoms with Gasteiger partial charge in [-0.2, -0.15) is 5.10 Å². The average Bonchev–Trinajstić information content (AvgIpc) is 3.12. The summed E-state index contributed by atoms with van der Waals surface area (Å²) in [5, 5.41) is 7.40. The van der Waals surface area contributed by atoms with Crippen LogP contribution in [0.1, 0.15) is 46.3 Å². The van der Waals surface area contributed by atoms with Gasteiger partial charge in [-0.25, -0.2) is 4.68 Å². The molecule has 0 unspecified atom stereocenters. The van der Waals surface area contributed by atoms with Crippen LogP contribution in [0, 0.1) is 6.92 Å². The molecule has 0 radical (unpaired) electrons. The van der Waals surface area contributed by atoms with Crippen LogP contribution < -0.4 is 5.32 Å². The van der Waals surface area contributed by atoms with E-state index in [1.807, 2.05) is 28.9 Å². The van der Waals surface area contributed by atoms with Crippen LogP contribution in [0.5, 0.6) is 0 Å². The van der Waals surface area contributed by atoms with Crippen LogP contribution in [0.2, 0.25) is 0 Å².